The number of amides is 1. The van der Waals surface area contributed by atoms with Crippen LogP contribution in [0.15, 0.2) is 23.1 Å². The summed E-state index contributed by atoms with van der Waals surface area (Å²) in [5, 5.41) is 5.13. The SMILES string of the molecule is COCCCN(C)C(=O)c1ccc(OC)c(S(N)(=O)=O)c1. The molecule has 118 valence electrons. The van der Waals surface area contributed by atoms with Crippen LogP contribution in [0.25, 0.3) is 0 Å². The average molecular weight is 316 g/mol. The lowest BCUT2D eigenvalue weighted by molar-refractivity contribution is 0.0779. The Balaban J connectivity index is 3.01. The van der Waals surface area contributed by atoms with Gasteiger partial charge in [-0.15, -0.1) is 0 Å². The van der Waals surface area contributed by atoms with Crippen molar-refractivity contribution >= 4 is 15.9 Å². The number of sulfonamides is 1. The topological polar surface area (TPSA) is 98.9 Å². The zero-order valence-corrected chi connectivity index (χ0v) is 13.1. The van der Waals surface area contributed by atoms with Gasteiger partial charge in [0.2, 0.25) is 10.0 Å². The molecule has 0 spiro atoms. The van der Waals surface area contributed by atoms with E-state index in [0.717, 1.165) is 0 Å². The maximum absolute atomic E-state index is 12.2. The van der Waals surface area contributed by atoms with Gasteiger partial charge in [-0.05, 0) is 24.6 Å². The van der Waals surface area contributed by atoms with Gasteiger partial charge in [-0.3, -0.25) is 4.79 Å². The molecule has 0 atom stereocenters. The third kappa shape index (κ3) is 4.69. The van der Waals surface area contributed by atoms with Crippen molar-refractivity contribution in [3.05, 3.63) is 23.8 Å². The van der Waals surface area contributed by atoms with E-state index >= 15 is 0 Å². The van der Waals surface area contributed by atoms with Crippen molar-refractivity contribution in [1.29, 1.82) is 0 Å². The zero-order chi connectivity index (χ0) is 16.0. The summed E-state index contributed by atoms with van der Waals surface area (Å²) in [6, 6.07) is 4.14. The third-order valence-corrected chi connectivity index (χ3v) is 3.84. The fourth-order valence-corrected chi connectivity index (χ4v) is 2.52. The number of benzene rings is 1. The average Bonchev–Trinajstić information content (AvgIpc) is 2.45. The van der Waals surface area contributed by atoms with E-state index < -0.39 is 10.0 Å². The summed E-state index contributed by atoms with van der Waals surface area (Å²) in [5.41, 5.74) is 0.236. The summed E-state index contributed by atoms with van der Waals surface area (Å²) < 4.78 is 32.9. The molecule has 0 aliphatic rings. The molecule has 0 saturated heterocycles. The third-order valence-electron chi connectivity index (χ3n) is 2.91. The van der Waals surface area contributed by atoms with E-state index in [1.807, 2.05) is 0 Å². The number of methoxy groups -OCH3 is 2. The summed E-state index contributed by atoms with van der Waals surface area (Å²) in [6.45, 7) is 1.05. The standard InChI is InChI=1S/C13H20N2O5S/c1-15(7-4-8-19-2)13(16)10-5-6-11(20-3)12(9-10)21(14,17)18/h5-6,9H,4,7-8H2,1-3H3,(H2,14,17,18). The first kappa shape index (κ1) is 17.4. The molecule has 1 rings (SSSR count). The highest BCUT2D eigenvalue weighted by atomic mass is 32.2. The molecule has 0 aliphatic carbocycles. The Kier molecular flexibility index (Phi) is 6.13. The van der Waals surface area contributed by atoms with Crippen molar-refractivity contribution in [2.24, 2.45) is 5.14 Å². The van der Waals surface area contributed by atoms with Crippen molar-refractivity contribution in [3.8, 4) is 5.75 Å². The molecule has 0 saturated carbocycles. The number of hydrogen-bond acceptors (Lipinski definition) is 5. The van der Waals surface area contributed by atoms with Gasteiger partial charge in [0.15, 0.2) is 0 Å². The second-order valence-corrected chi connectivity index (χ2v) is 6.01. The maximum atomic E-state index is 12.2. The van der Waals surface area contributed by atoms with Crippen molar-refractivity contribution in [2.75, 3.05) is 34.4 Å². The van der Waals surface area contributed by atoms with E-state index in [2.05, 4.69) is 0 Å². The Labute approximate surface area is 124 Å². The molecule has 0 heterocycles. The predicted molar refractivity (Wildman–Crippen MR) is 77.8 cm³/mol. The number of carbonyl (C=O) groups is 1. The molecule has 0 aliphatic heterocycles. The van der Waals surface area contributed by atoms with E-state index in [1.54, 1.807) is 14.2 Å². The minimum Gasteiger partial charge on any atom is -0.495 e. The van der Waals surface area contributed by atoms with Gasteiger partial charge in [-0.2, -0.15) is 0 Å². The zero-order valence-electron chi connectivity index (χ0n) is 12.3. The molecule has 0 bridgehead atoms. The molecule has 0 unspecified atom stereocenters. The van der Waals surface area contributed by atoms with Gasteiger partial charge < -0.3 is 14.4 Å². The van der Waals surface area contributed by atoms with Gasteiger partial charge in [-0.1, -0.05) is 0 Å². The lowest BCUT2D eigenvalue weighted by Crippen LogP contribution is -2.28. The molecule has 1 aromatic carbocycles. The second kappa shape index (κ2) is 7.39. The van der Waals surface area contributed by atoms with E-state index in [1.165, 1.54) is 30.2 Å². The quantitative estimate of drug-likeness (QED) is 0.736. The highest BCUT2D eigenvalue weighted by molar-refractivity contribution is 7.89. The maximum Gasteiger partial charge on any atom is 0.253 e. The van der Waals surface area contributed by atoms with Gasteiger partial charge in [0, 0.05) is 32.9 Å². The highest BCUT2D eigenvalue weighted by Gasteiger charge is 2.19. The first-order valence-electron chi connectivity index (χ1n) is 6.26. The number of hydrogen-bond donors (Lipinski definition) is 1. The fourth-order valence-electron chi connectivity index (χ4n) is 1.80. The van der Waals surface area contributed by atoms with Crippen LogP contribution in [0.5, 0.6) is 5.75 Å². The smallest absolute Gasteiger partial charge is 0.253 e. The summed E-state index contributed by atoms with van der Waals surface area (Å²) in [5.74, 6) is -0.185. The van der Waals surface area contributed by atoms with Gasteiger partial charge in [0.1, 0.15) is 10.6 Å². The van der Waals surface area contributed by atoms with Crippen LogP contribution >= 0.6 is 0 Å². The molecule has 2 N–H and O–H groups in total. The Bertz CT molecular complexity index is 601. The van der Waals surface area contributed by atoms with E-state index in [0.29, 0.717) is 19.6 Å². The number of primary sulfonamides is 1. The van der Waals surface area contributed by atoms with Crippen LogP contribution in [-0.2, 0) is 14.8 Å². The van der Waals surface area contributed by atoms with Crippen molar-refractivity contribution in [1.82, 2.24) is 4.90 Å². The number of carbonyl (C=O) groups excluding carboxylic acids is 1. The van der Waals surface area contributed by atoms with Crippen molar-refractivity contribution in [2.45, 2.75) is 11.3 Å². The fraction of sp³-hybridized carbons (Fsp3) is 0.462. The Morgan fingerprint density at radius 1 is 1.33 bits per heavy atom. The molecule has 1 amide bonds. The van der Waals surface area contributed by atoms with Crippen LogP contribution in [0.1, 0.15) is 16.8 Å². The summed E-state index contributed by atoms with van der Waals surface area (Å²) >= 11 is 0. The first-order chi connectivity index (χ1) is 9.81. The number of rotatable bonds is 7. The monoisotopic (exact) mass is 316 g/mol. The summed E-state index contributed by atoms with van der Waals surface area (Å²) in [4.78, 5) is 13.5. The van der Waals surface area contributed by atoms with Crippen LogP contribution in [-0.4, -0.2) is 53.6 Å². The predicted octanol–water partition coefficient (Wildman–Crippen LogP) is 0.451. The lowest BCUT2D eigenvalue weighted by atomic mass is 10.2. The van der Waals surface area contributed by atoms with Crippen molar-refractivity contribution in [3.63, 3.8) is 0 Å². The molecule has 21 heavy (non-hydrogen) atoms. The Morgan fingerprint density at radius 3 is 2.52 bits per heavy atom. The van der Waals surface area contributed by atoms with E-state index in [-0.39, 0.29) is 22.1 Å². The van der Waals surface area contributed by atoms with Gasteiger partial charge in [0.25, 0.3) is 5.91 Å². The molecule has 1 aromatic rings. The van der Waals surface area contributed by atoms with Crippen LogP contribution in [0, 0.1) is 0 Å². The van der Waals surface area contributed by atoms with Crippen LogP contribution in [0.4, 0.5) is 0 Å². The van der Waals surface area contributed by atoms with Gasteiger partial charge in [0.05, 0.1) is 7.11 Å². The van der Waals surface area contributed by atoms with Crippen LogP contribution < -0.4 is 9.88 Å². The normalized spacial score (nSPS) is 11.2. The number of ether oxygens (including phenoxy) is 2. The molecular weight excluding hydrogens is 296 g/mol. The van der Waals surface area contributed by atoms with Gasteiger partial charge >= 0.3 is 0 Å². The highest BCUT2D eigenvalue weighted by Crippen LogP contribution is 2.24. The summed E-state index contributed by atoms with van der Waals surface area (Å²) in [7, 11) is 0.596. The largest absolute Gasteiger partial charge is 0.495 e. The molecule has 0 radical (unpaired) electrons. The second-order valence-electron chi connectivity index (χ2n) is 4.48. The molecule has 0 fully saturated rings. The molecule has 0 aromatic heterocycles. The minimum atomic E-state index is -3.96. The Morgan fingerprint density at radius 2 is 2.00 bits per heavy atom. The van der Waals surface area contributed by atoms with Crippen LogP contribution in [0.3, 0.4) is 0 Å². The molecule has 8 heteroatoms. The summed E-state index contributed by atoms with van der Waals surface area (Å²) in [6.07, 6.45) is 0.691. The van der Waals surface area contributed by atoms with E-state index in [9.17, 15) is 13.2 Å². The van der Waals surface area contributed by atoms with Crippen molar-refractivity contribution < 1.29 is 22.7 Å². The first-order valence-corrected chi connectivity index (χ1v) is 7.81. The number of nitrogens with two attached hydrogens (primary N) is 1. The lowest BCUT2D eigenvalue weighted by Gasteiger charge is -2.17. The Hall–Kier alpha value is -1.64. The van der Waals surface area contributed by atoms with Crippen LogP contribution in [0.2, 0.25) is 0 Å². The minimum absolute atomic E-state index is 0.107. The molecular formula is C13H20N2O5S. The van der Waals surface area contributed by atoms with E-state index in [4.69, 9.17) is 14.6 Å². The number of nitrogens with zero attached hydrogens (tertiary/aromatic N) is 1. The molecule has 7 nitrogen and oxygen atoms in total. The van der Waals surface area contributed by atoms with Gasteiger partial charge in [-0.25, -0.2) is 13.6 Å².